The van der Waals surface area contributed by atoms with E-state index >= 15 is 0 Å². The number of carboxylic acid groups (broad SMARTS) is 1. The van der Waals surface area contributed by atoms with Gasteiger partial charge in [0.2, 0.25) is 0 Å². The van der Waals surface area contributed by atoms with E-state index in [1.807, 2.05) is 36.4 Å². The molecule has 0 saturated heterocycles. The lowest BCUT2D eigenvalue weighted by Gasteiger charge is -2.01. The summed E-state index contributed by atoms with van der Waals surface area (Å²) in [6.45, 7) is 0. The molecule has 0 radical (unpaired) electrons. The average Bonchev–Trinajstić information content (AvgIpc) is 2.28. The van der Waals surface area contributed by atoms with Gasteiger partial charge in [0.15, 0.2) is 0 Å². The maximum Gasteiger partial charge on any atom is 0.331 e. The van der Waals surface area contributed by atoms with Gasteiger partial charge in [-0.3, -0.25) is 0 Å². The van der Waals surface area contributed by atoms with Crippen LogP contribution in [-0.4, -0.2) is 11.1 Å². The van der Waals surface area contributed by atoms with E-state index in [2.05, 4.69) is 0 Å². The Balaban J connectivity index is 2.23. The van der Waals surface area contributed by atoms with Crippen molar-refractivity contribution in [3.63, 3.8) is 0 Å². The molecule has 2 aromatic carbocycles. The van der Waals surface area contributed by atoms with Crippen molar-refractivity contribution in [2.24, 2.45) is 0 Å². The molecule has 0 aliphatic heterocycles. The predicted octanol–water partition coefficient (Wildman–Crippen LogP) is 2.82. The van der Waals surface area contributed by atoms with Gasteiger partial charge in [-0.2, -0.15) is 0 Å². The Morgan fingerprint density at radius 1 is 1.12 bits per heavy atom. The highest BCUT2D eigenvalue weighted by Crippen LogP contribution is 2.20. The standard InChI is InChI=1S/C13H10O3/c14-13(15)7-8-16-12-6-5-10-3-1-2-4-11(10)9-12/h1-9H,(H,14,15)/b8-7+. The number of fused-ring (bicyclic) bond motifs is 1. The van der Waals surface area contributed by atoms with Gasteiger partial charge >= 0.3 is 5.97 Å². The monoisotopic (exact) mass is 214 g/mol. The number of hydrogen-bond donors (Lipinski definition) is 1. The first-order chi connectivity index (χ1) is 7.75. The fourth-order valence-electron chi connectivity index (χ4n) is 1.41. The first-order valence-electron chi connectivity index (χ1n) is 4.80. The Bertz CT molecular complexity index is 544. The van der Waals surface area contributed by atoms with Crippen LogP contribution in [-0.2, 0) is 4.79 Å². The van der Waals surface area contributed by atoms with Crippen molar-refractivity contribution in [3.05, 3.63) is 54.8 Å². The second-order valence-corrected chi connectivity index (χ2v) is 3.27. The van der Waals surface area contributed by atoms with Crippen molar-refractivity contribution in [1.29, 1.82) is 0 Å². The van der Waals surface area contributed by atoms with Crippen molar-refractivity contribution in [1.82, 2.24) is 0 Å². The molecule has 0 amide bonds. The average molecular weight is 214 g/mol. The normalized spacial score (nSPS) is 10.8. The number of aliphatic carboxylic acids is 1. The van der Waals surface area contributed by atoms with E-state index in [0.717, 1.165) is 23.1 Å². The molecule has 0 saturated carbocycles. The Hall–Kier alpha value is -2.29. The third kappa shape index (κ3) is 2.39. The third-order valence-corrected chi connectivity index (χ3v) is 2.14. The minimum Gasteiger partial charge on any atom is -0.478 e. The summed E-state index contributed by atoms with van der Waals surface area (Å²) < 4.78 is 5.16. The molecular weight excluding hydrogens is 204 g/mol. The summed E-state index contributed by atoms with van der Waals surface area (Å²) in [5.74, 6) is -0.406. The van der Waals surface area contributed by atoms with E-state index in [-0.39, 0.29) is 0 Å². The SMILES string of the molecule is O=C(O)/C=C/Oc1ccc2ccccc2c1. The molecular formula is C13H10O3. The van der Waals surface area contributed by atoms with E-state index < -0.39 is 5.97 Å². The molecule has 0 aromatic heterocycles. The van der Waals surface area contributed by atoms with Crippen LogP contribution in [0.15, 0.2) is 54.8 Å². The molecule has 0 unspecified atom stereocenters. The molecule has 0 aliphatic rings. The van der Waals surface area contributed by atoms with Gasteiger partial charge in [0.25, 0.3) is 0 Å². The summed E-state index contributed by atoms with van der Waals surface area (Å²) in [5.41, 5.74) is 0. The number of rotatable bonds is 3. The molecule has 2 aromatic rings. The highest BCUT2D eigenvalue weighted by molar-refractivity contribution is 5.83. The fraction of sp³-hybridized carbons (Fsp3) is 0. The van der Waals surface area contributed by atoms with Crippen LogP contribution in [0.2, 0.25) is 0 Å². The first-order valence-corrected chi connectivity index (χ1v) is 4.80. The van der Waals surface area contributed by atoms with E-state index in [0.29, 0.717) is 5.75 Å². The van der Waals surface area contributed by atoms with Gasteiger partial charge < -0.3 is 9.84 Å². The zero-order valence-electron chi connectivity index (χ0n) is 8.46. The number of carboxylic acids is 1. The highest BCUT2D eigenvalue weighted by Gasteiger charge is 1.95. The lowest BCUT2D eigenvalue weighted by Crippen LogP contribution is -1.89. The zero-order chi connectivity index (χ0) is 11.4. The minimum absolute atomic E-state index is 0.621. The van der Waals surface area contributed by atoms with E-state index in [4.69, 9.17) is 9.84 Å². The van der Waals surface area contributed by atoms with Crippen LogP contribution in [0, 0.1) is 0 Å². The molecule has 2 rings (SSSR count). The molecule has 0 atom stereocenters. The molecule has 0 heterocycles. The molecule has 0 aliphatic carbocycles. The summed E-state index contributed by atoms with van der Waals surface area (Å²) >= 11 is 0. The van der Waals surface area contributed by atoms with Gasteiger partial charge in [0, 0.05) is 0 Å². The molecule has 0 bridgehead atoms. The van der Waals surface area contributed by atoms with Gasteiger partial charge in [-0.1, -0.05) is 30.3 Å². The van der Waals surface area contributed by atoms with Crippen LogP contribution in [0.25, 0.3) is 10.8 Å². The fourth-order valence-corrected chi connectivity index (χ4v) is 1.41. The summed E-state index contributed by atoms with van der Waals surface area (Å²) in [7, 11) is 0. The van der Waals surface area contributed by atoms with Crippen LogP contribution in [0.3, 0.4) is 0 Å². The van der Waals surface area contributed by atoms with Gasteiger partial charge in [-0.15, -0.1) is 0 Å². The van der Waals surface area contributed by atoms with Crippen LogP contribution >= 0.6 is 0 Å². The lowest BCUT2D eigenvalue weighted by molar-refractivity contribution is -0.131. The molecule has 3 heteroatoms. The second-order valence-electron chi connectivity index (χ2n) is 3.27. The Morgan fingerprint density at radius 2 is 1.88 bits per heavy atom. The summed E-state index contributed by atoms with van der Waals surface area (Å²) in [6, 6.07) is 13.5. The Morgan fingerprint density at radius 3 is 2.62 bits per heavy atom. The predicted molar refractivity (Wildman–Crippen MR) is 61.4 cm³/mol. The molecule has 0 spiro atoms. The van der Waals surface area contributed by atoms with Crippen molar-refractivity contribution in [3.8, 4) is 5.75 Å². The molecule has 3 nitrogen and oxygen atoms in total. The van der Waals surface area contributed by atoms with Gasteiger partial charge in [0.1, 0.15) is 5.75 Å². The molecule has 1 N–H and O–H groups in total. The highest BCUT2D eigenvalue weighted by atomic mass is 16.5. The zero-order valence-corrected chi connectivity index (χ0v) is 8.46. The third-order valence-electron chi connectivity index (χ3n) is 2.14. The molecule has 0 fully saturated rings. The molecule has 16 heavy (non-hydrogen) atoms. The number of ether oxygens (including phenoxy) is 1. The summed E-state index contributed by atoms with van der Waals surface area (Å²) in [6.07, 6.45) is 2.11. The Kier molecular flexibility index (Phi) is 2.87. The lowest BCUT2D eigenvalue weighted by atomic mass is 10.1. The maximum absolute atomic E-state index is 10.2. The van der Waals surface area contributed by atoms with Gasteiger partial charge in [-0.25, -0.2) is 4.79 Å². The van der Waals surface area contributed by atoms with E-state index in [9.17, 15) is 4.79 Å². The van der Waals surface area contributed by atoms with Crippen LogP contribution in [0.1, 0.15) is 0 Å². The smallest absolute Gasteiger partial charge is 0.331 e. The van der Waals surface area contributed by atoms with Crippen LogP contribution in [0.4, 0.5) is 0 Å². The summed E-state index contributed by atoms with van der Waals surface area (Å²) in [4.78, 5) is 10.2. The van der Waals surface area contributed by atoms with E-state index in [1.54, 1.807) is 6.07 Å². The number of hydrogen-bond acceptors (Lipinski definition) is 2. The quantitative estimate of drug-likeness (QED) is 0.631. The van der Waals surface area contributed by atoms with Gasteiger partial charge in [0.05, 0.1) is 12.3 Å². The van der Waals surface area contributed by atoms with E-state index in [1.165, 1.54) is 0 Å². The topological polar surface area (TPSA) is 46.5 Å². The molecule has 80 valence electrons. The largest absolute Gasteiger partial charge is 0.478 e. The van der Waals surface area contributed by atoms with Crippen LogP contribution in [0.5, 0.6) is 5.75 Å². The van der Waals surface area contributed by atoms with Gasteiger partial charge in [-0.05, 0) is 22.9 Å². The van der Waals surface area contributed by atoms with Crippen molar-refractivity contribution >= 4 is 16.7 Å². The van der Waals surface area contributed by atoms with Crippen molar-refractivity contribution in [2.75, 3.05) is 0 Å². The second kappa shape index (κ2) is 4.49. The maximum atomic E-state index is 10.2. The Labute approximate surface area is 92.6 Å². The van der Waals surface area contributed by atoms with Crippen molar-refractivity contribution in [2.45, 2.75) is 0 Å². The first kappa shape index (κ1) is 10.2. The minimum atomic E-state index is -1.03. The van der Waals surface area contributed by atoms with Crippen molar-refractivity contribution < 1.29 is 14.6 Å². The van der Waals surface area contributed by atoms with Crippen LogP contribution < -0.4 is 4.74 Å². The summed E-state index contributed by atoms with van der Waals surface area (Å²) in [5, 5.41) is 10.6. The number of benzene rings is 2. The number of carbonyl (C=O) groups is 1.